The van der Waals surface area contributed by atoms with E-state index in [-0.39, 0.29) is 31.1 Å². The molecule has 0 aromatic carbocycles. The van der Waals surface area contributed by atoms with Gasteiger partial charge in [-0.2, -0.15) is 0 Å². The summed E-state index contributed by atoms with van der Waals surface area (Å²) in [7, 11) is 0. The van der Waals surface area contributed by atoms with E-state index in [1.54, 1.807) is 0 Å². The van der Waals surface area contributed by atoms with Gasteiger partial charge < -0.3 is 14.2 Å². The highest BCUT2D eigenvalue weighted by Gasteiger charge is 2.19. The van der Waals surface area contributed by atoms with Gasteiger partial charge in [-0.3, -0.25) is 14.4 Å². The number of ether oxygens (including phenoxy) is 3. The molecule has 0 heterocycles. The molecule has 1 unspecified atom stereocenters. The molecule has 0 aromatic heterocycles. The van der Waals surface area contributed by atoms with Crippen molar-refractivity contribution >= 4 is 17.9 Å². The van der Waals surface area contributed by atoms with E-state index in [9.17, 15) is 14.4 Å². The topological polar surface area (TPSA) is 78.9 Å². The van der Waals surface area contributed by atoms with E-state index >= 15 is 0 Å². The smallest absolute Gasteiger partial charge is 0.306 e. The minimum Gasteiger partial charge on any atom is -0.462 e. The number of carbonyl (C=O) groups is 3. The lowest BCUT2D eigenvalue weighted by molar-refractivity contribution is -0.167. The Kier molecular flexibility index (Phi) is 65.2. The summed E-state index contributed by atoms with van der Waals surface area (Å²) < 4.78 is 16.9. The fraction of sp³-hybridized carbons (Fsp3) is 0.720. The van der Waals surface area contributed by atoms with Crippen molar-refractivity contribution in [3.8, 4) is 0 Å². The van der Waals surface area contributed by atoms with E-state index in [1.165, 1.54) is 173 Å². The monoisotopic (exact) mass is 1120 g/mol. The molecule has 464 valence electrons. The maximum Gasteiger partial charge on any atom is 0.306 e. The van der Waals surface area contributed by atoms with Gasteiger partial charge in [-0.05, 0) is 103 Å². The Labute approximate surface area is 501 Å². The number of allylic oxidation sites excluding steroid dienone is 18. The second-order valence-electron chi connectivity index (χ2n) is 22.7. The molecule has 0 saturated carbocycles. The minimum absolute atomic E-state index is 0.0893. The van der Waals surface area contributed by atoms with Crippen molar-refractivity contribution in [1.29, 1.82) is 0 Å². The highest BCUT2D eigenvalue weighted by Crippen LogP contribution is 2.17. The number of hydrogen-bond acceptors (Lipinski definition) is 6. The molecule has 0 saturated heterocycles. The van der Waals surface area contributed by atoms with Crippen LogP contribution in [0, 0.1) is 0 Å². The van der Waals surface area contributed by atoms with Crippen molar-refractivity contribution in [1.82, 2.24) is 0 Å². The first kappa shape index (κ1) is 77.1. The molecule has 0 radical (unpaired) electrons. The Morgan fingerprint density at radius 3 is 0.778 bits per heavy atom. The van der Waals surface area contributed by atoms with Gasteiger partial charge in [0.2, 0.25) is 0 Å². The van der Waals surface area contributed by atoms with Gasteiger partial charge in [-0.15, -0.1) is 0 Å². The van der Waals surface area contributed by atoms with Crippen molar-refractivity contribution in [2.75, 3.05) is 13.2 Å². The van der Waals surface area contributed by atoms with Crippen LogP contribution >= 0.6 is 0 Å². The Morgan fingerprint density at radius 2 is 0.481 bits per heavy atom. The molecule has 0 aliphatic heterocycles. The average molecular weight is 1130 g/mol. The van der Waals surface area contributed by atoms with Crippen molar-refractivity contribution in [2.45, 2.75) is 335 Å². The zero-order valence-corrected chi connectivity index (χ0v) is 53.3. The van der Waals surface area contributed by atoms with Crippen LogP contribution in [0.4, 0.5) is 0 Å². The Hall–Kier alpha value is -3.93. The average Bonchev–Trinajstić information content (AvgIpc) is 3.47. The highest BCUT2D eigenvalue weighted by molar-refractivity contribution is 5.71. The standard InChI is InChI=1S/C75H128O6/c1-4-7-10-13-16-19-22-25-28-30-32-33-34-35-36-37-38-39-40-41-43-44-47-50-53-56-59-62-65-68-74(77)80-71-72(70-79-73(76)67-64-61-58-55-52-49-46-27-24-21-18-15-12-9-6-3)81-75(78)69-66-63-60-57-54-51-48-45-42-31-29-26-23-20-17-14-11-8-5-2/h7,9-10,12,16,18-19,21,25,27-28,32-33,35-36,46,52,55,72H,4-6,8,11,13-15,17,20,22-24,26,29-31,34,37-45,47-51,53-54,56-71H2,1-3H3/b10-7-,12-9-,19-16-,21-18-,28-25-,33-32-,36-35-,46-27-,55-52-. The molecule has 0 N–H and O–H groups in total. The SMILES string of the molecule is CC/C=C\C/C=C\C/C=C\C/C=C\C/C=C\CCCCCCCCCCCCCCCC(=O)OCC(COC(=O)CCCC/C=C\C/C=C\C/C=C\C/C=C\CC)OC(=O)CCCCCCCCCCCCCCCCCCCCC. The van der Waals surface area contributed by atoms with Crippen LogP contribution in [-0.2, 0) is 28.6 Å². The van der Waals surface area contributed by atoms with Gasteiger partial charge in [0.05, 0.1) is 0 Å². The van der Waals surface area contributed by atoms with Crippen LogP contribution in [-0.4, -0.2) is 37.2 Å². The van der Waals surface area contributed by atoms with E-state index in [2.05, 4.69) is 130 Å². The van der Waals surface area contributed by atoms with Crippen LogP contribution in [0.15, 0.2) is 109 Å². The lowest BCUT2D eigenvalue weighted by Crippen LogP contribution is -2.30. The summed E-state index contributed by atoms with van der Waals surface area (Å²) >= 11 is 0. The van der Waals surface area contributed by atoms with Crippen LogP contribution in [0.5, 0.6) is 0 Å². The van der Waals surface area contributed by atoms with Gasteiger partial charge in [-0.1, -0.05) is 316 Å². The van der Waals surface area contributed by atoms with Gasteiger partial charge in [0.15, 0.2) is 6.10 Å². The molecule has 0 aliphatic carbocycles. The molecular weight excluding hydrogens is 997 g/mol. The zero-order chi connectivity index (χ0) is 58.5. The molecule has 0 aromatic rings. The molecule has 0 bridgehead atoms. The molecule has 0 aliphatic rings. The van der Waals surface area contributed by atoms with Gasteiger partial charge in [0, 0.05) is 19.3 Å². The third-order valence-electron chi connectivity index (χ3n) is 14.8. The van der Waals surface area contributed by atoms with Crippen LogP contribution in [0.1, 0.15) is 329 Å². The number of unbranched alkanes of at least 4 members (excludes halogenated alkanes) is 33. The van der Waals surface area contributed by atoms with Crippen molar-refractivity contribution in [2.24, 2.45) is 0 Å². The van der Waals surface area contributed by atoms with Crippen LogP contribution in [0.2, 0.25) is 0 Å². The van der Waals surface area contributed by atoms with E-state index in [0.717, 1.165) is 116 Å². The molecule has 6 heteroatoms. The quantitative estimate of drug-likeness (QED) is 0.0261. The molecule has 0 amide bonds. The normalized spacial score (nSPS) is 12.8. The molecule has 81 heavy (non-hydrogen) atoms. The van der Waals surface area contributed by atoms with Gasteiger partial charge in [0.1, 0.15) is 13.2 Å². The summed E-state index contributed by atoms with van der Waals surface area (Å²) in [5.41, 5.74) is 0. The predicted molar refractivity (Wildman–Crippen MR) is 353 cm³/mol. The maximum absolute atomic E-state index is 12.9. The zero-order valence-electron chi connectivity index (χ0n) is 53.3. The van der Waals surface area contributed by atoms with Crippen LogP contribution < -0.4 is 0 Å². The second kappa shape index (κ2) is 68.6. The van der Waals surface area contributed by atoms with Gasteiger partial charge in [-0.25, -0.2) is 0 Å². The number of esters is 3. The van der Waals surface area contributed by atoms with Crippen LogP contribution in [0.3, 0.4) is 0 Å². The maximum atomic E-state index is 12.9. The van der Waals surface area contributed by atoms with E-state index < -0.39 is 6.10 Å². The lowest BCUT2D eigenvalue weighted by Gasteiger charge is -2.18. The highest BCUT2D eigenvalue weighted by atomic mass is 16.6. The first-order valence-corrected chi connectivity index (χ1v) is 34.4. The minimum atomic E-state index is -0.796. The summed E-state index contributed by atoms with van der Waals surface area (Å²) in [6.45, 7) is 6.42. The van der Waals surface area contributed by atoms with Crippen molar-refractivity contribution in [3.63, 3.8) is 0 Å². The van der Waals surface area contributed by atoms with Gasteiger partial charge >= 0.3 is 17.9 Å². The second-order valence-corrected chi connectivity index (χ2v) is 22.7. The molecular formula is C75H128O6. The predicted octanol–water partition coefficient (Wildman–Crippen LogP) is 23.8. The van der Waals surface area contributed by atoms with Crippen LogP contribution in [0.25, 0.3) is 0 Å². The van der Waals surface area contributed by atoms with Crippen molar-refractivity contribution in [3.05, 3.63) is 109 Å². The third-order valence-corrected chi connectivity index (χ3v) is 14.8. The summed E-state index contributed by atoms with van der Waals surface area (Å²) in [4.78, 5) is 38.4. The number of rotatable bonds is 62. The molecule has 0 rings (SSSR count). The van der Waals surface area contributed by atoms with E-state index in [1.807, 2.05) is 0 Å². The summed E-state index contributed by atoms with van der Waals surface area (Å²) in [6.07, 6.45) is 94.0. The Balaban J connectivity index is 4.31. The summed E-state index contributed by atoms with van der Waals surface area (Å²) in [6, 6.07) is 0. The fourth-order valence-corrected chi connectivity index (χ4v) is 9.70. The molecule has 0 spiro atoms. The van der Waals surface area contributed by atoms with E-state index in [4.69, 9.17) is 14.2 Å². The first-order valence-electron chi connectivity index (χ1n) is 34.4. The number of hydrogen-bond donors (Lipinski definition) is 0. The first-order chi connectivity index (χ1) is 40.0. The van der Waals surface area contributed by atoms with E-state index in [0.29, 0.717) is 19.3 Å². The van der Waals surface area contributed by atoms with Crippen molar-refractivity contribution < 1.29 is 28.6 Å². The lowest BCUT2D eigenvalue weighted by atomic mass is 10.0. The molecule has 1 atom stereocenters. The number of carbonyl (C=O) groups excluding carboxylic acids is 3. The fourth-order valence-electron chi connectivity index (χ4n) is 9.70. The summed E-state index contributed by atoms with van der Waals surface area (Å²) in [5, 5.41) is 0. The third kappa shape index (κ3) is 66.8. The largest absolute Gasteiger partial charge is 0.462 e. The summed E-state index contributed by atoms with van der Waals surface area (Å²) in [5.74, 6) is -0.919. The van der Waals surface area contributed by atoms with Gasteiger partial charge in [0.25, 0.3) is 0 Å². The Bertz CT molecular complexity index is 1620. The molecule has 0 fully saturated rings. The molecule has 6 nitrogen and oxygen atoms in total. The Morgan fingerprint density at radius 1 is 0.259 bits per heavy atom.